The minimum Gasteiger partial charge on any atom is -0.375 e. The smallest absolute Gasteiger partial charge is 0.115 e. The van der Waals surface area contributed by atoms with E-state index in [1.165, 1.54) is 25.7 Å². The van der Waals surface area contributed by atoms with E-state index in [0.717, 1.165) is 25.1 Å². The van der Waals surface area contributed by atoms with E-state index in [2.05, 4.69) is 9.97 Å². The fourth-order valence-corrected chi connectivity index (χ4v) is 3.48. The molecule has 98 valence electrons. The molecular weight excluding hydrogens is 226 g/mol. The van der Waals surface area contributed by atoms with Crippen LogP contribution < -0.4 is 5.73 Å². The Bertz CT molecular complexity index is 389. The second-order valence-corrected chi connectivity index (χ2v) is 5.65. The van der Waals surface area contributed by atoms with Crippen molar-refractivity contribution in [1.82, 2.24) is 9.97 Å². The van der Waals surface area contributed by atoms with E-state index in [4.69, 9.17) is 10.5 Å². The Morgan fingerprint density at radius 1 is 1.39 bits per heavy atom. The van der Waals surface area contributed by atoms with Gasteiger partial charge in [0.05, 0.1) is 17.3 Å². The third kappa shape index (κ3) is 2.27. The summed E-state index contributed by atoms with van der Waals surface area (Å²) in [5.41, 5.74) is 7.47. The first kappa shape index (κ1) is 12.1. The Kier molecular flexibility index (Phi) is 3.31. The fraction of sp³-hybridized carbons (Fsp3) is 0.714. The Hall–Kier alpha value is -1.00. The number of nitrogens with zero attached hydrogens (tertiary/aromatic N) is 2. The molecule has 0 bridgehead atoms. The summed E-state index contributed by atoms with van der Waals surface area (Å²) in [6.07, 6.45) is 10.5. The molecule has 4 nitrogen and oxygen atoms in total. The summed E-state index contributed by atoms with van der Waals surface area (Å²) in [4.78, 5) is 8.24. The SMILES string of the molecule is NC(c1ccncn1)C1CCOC2(CCCC2)C1. The van der Waals surface area contributed by atoms with Crippen molar-refractivity contribution >= 4 is 0 Å². The van der Waals surface area contributed by atoms with E-state index >= 15 is 0 Å². The number of ether oxygens (including phenoxy) is 1. The maximum absolute atomic E-state index is 6.37. The lowest BCUT2D eigenvalue weighted by molar-refractivity contribution is -0.0965. The number of aromatic nitrogens is 2. The monoisotopic (exact) mass is 247 g/mol. The number of rotatable bonds is 2. The van der Waals surface area contributed by atoms with Gasteiger partial charge < -0.3 is 10.5 Å². The third-order valence-corrected chi connectivity index (χ3v) is 4.50. The number of hydrogen-bond donors (Lipinski definition) is 1. The van der Waals surface area contributed by atoms with Crippen molar-refractivity contribution in [1.29, 1.82) is 0 Å². The molecule has 1 spiro atoms. The van der Waals surface area contributed by atoms with Crippen LogP contribution >= 0.6 is 0 Å². The molecule has 18 heavy (non-hydrogen) atoms. The fourth-order valence-electron chi connectivity index (χ4n) is 3.48. The van der Waals surface area contributed by atoms with Crippen molar-refractivity contribution in [2.75, 3.05) is 6.61 Å². The molecule has 1 aromatic heterocycles. The molecule has 0 radical (unpaired) electrons. The average molecular weight is 247 g/mol. The molecule has 1 aliphatic carbocycles. The predicted octanol–water partition coefficient (Wildman–Crippen LogP) is 2.22. The van der Waals surface area contributed by atoms with Crippen LogP contribution in [0.5, 0.6) is 0 Å². The zero-order chi connectivity index (χ0) is 12.4. The highest BCUT2D eigenvalue weighted by Gasteiger charge is 2.41. The molecule has 1 saturated heterocycles. The Morgan fingerprint density at radius 3 is 2.94 bits per heavy atom. The Labute approximate surface area is 108 Å². The lowest BCUT2D eigenvalue weighted by Gasteiger charge is -2.40. The Morgan fingerprint density at radius 2 is 2.22 bits per heavy atom. The van der Waals surface area contributed by atoms with Gasteiger partial charge in [-0.05, 0) is 37.7 Å². The van der Waals surface area contributed by atoms with Crippen molar-refractivity contribution in [2.24, 2.45) is 11.7 Å². The summed E-state index contributed by atoms with van der Waals surface area (Å²) in [5.74, 6) is 0.492. The van der Waals surface area contributed by atoms with Crippen LogP contribution in [-0.4, -0.2) is 22.2 Å². The molecular formula is C14H21N3O. The minimum atomic E-state index is 0.0226. The van der Waals surface area contributed by atoms with Crippen molar-refractivity contribution in [3.63, 3.8) is 0 Å². The normalized spacial score (nSPS) is 28.4. The lowest BCUT2D eigenvalue weighted by atomic mass is 9.80. The van der Waals surface area contributed by atoms with Gasteiger partial charge in [-0.15, -0.1) is 0 Å². The molecule has 1 aliphatic heterocycles. The van der Waals surface area contributed by atoms with Gasteiger partial charge in [-0.2, -0.15) is 0 Å². The summed E-state index contributed by atoms with van der Waals surface area (Å²) in [7, 11) is 0. The van der Waals surface area contributed by atoms with Crippen molar-refractivity contribution in [3.05, 3.63) is 24.3 Å². The highest BCUT2D eigenvalue weighted by atomic mass is 16.5. The van der Waals surface area contributed by atoms with Gasteiger partial charge in [-0.25, -0.2) is 9.97 Å². The summed E-state index contributed by atoms with van der Waals surface area (Å²) in [6.45, 7) is 0.851. The van der Waals surface area contributed by atoms with E-state index in [9.17, 15) is 0 Å². The first-order valence-corrected chi connectivity index (χ1v) is 6.95. The zero-order valence-corrected chi connectivity index (χ0v) is 10.7. The Balaban J connectivity index is 1.72. The van der Waals surface area contributed by atoms with Crippen LogP contribution in [0.2, 0.25) is 0 Å². The van der Waals surface area contributed by atoms with Gasteiger partial charge in [-0.1, -0.05) is 12.8 Å². The molecule has 1 aromatic rings. The van der Waals surface area contributed by atoms with Gasteiger partial charge in [0.1, 0.15) is 6.33 Å². The predicted molar refractivity (Wildman–Crippen MR) is 68.8 cm³/mol. The summed E-state index contributed by atoms with van der Waals surface area (Å²) in [6, 6.07) is 1.95. The third-order valence-electron chi connectivity index (χ3n) is 4.50. The van der Waals surface area contributed by atoms with E-state index in [0.29, 0.717) is 5.92 Å². The molecule has 0 aromatic carbocycles. The van der Waals surface area contributed by atoms with Crippen LogP contribution in [0.3, 0.4) is 0 Å². The van der Waals surface area contributed by atoms with Crippen molar-refractivity contribution in [2.45, 2.75) is 50.2 Å². The summed E-state index contributed by atoms with van der Waals surface area (Å²) in [5, 5.41) is 0. The van der Waals surface area contributed by atoms with Gasteiger partial charge in [0, 0.05) is 12.8 Å². The molecule has 2 fully saturated rings. The van der Waals surface area contributed by atoms with Crippen LogP contribution in [0, 0.1) is 5.92 Å². The maximum atomic E-state index is 6.37. The van der Waals surface area contributed by atoms with Crippen molar-refractivity contribution in [3.8, 4) is 0 Å². The van der Waals surface area contributed by atoms with Gasteiger partial charge in [0.15, 0.2) is 0 Å². The number of nitrogens with two attached hydrogens (primary N) is 1. The first-order chi connectivity index (χ1) is 8.79. The highest BCUT2D eigenvalue weighted by Crippen LogP contribution is 2.44. The zero-order valence-electron chi connectivity index (χ0n) is 10.7. The molecule has 1 saturated carbocycles. The minimum absolute atomic E-state index is 0.0226. The largest absolute Gasteiger partial charge is 0.375 e. The van der Waals surface area contributed by atoms with Crippen LogP contribution in [0.1, 0.15) is 50.3 Å². The molecule has 2 atom stereocenters. The topological polar surface area (TPSA) is 61.0 Å². The molecule has 0 amide bonds. The second-order valence-electron chi connectivity index (χ2n) is 5.65. The van der Waals surface area contributed by atoms with Crippen LogP contribution in [0.4, 0.5) is 0 Å². The van der Waals surface area contributed by atoms with Crippen LogP contribution in [0.25, 0.3) is 0 Å². The molecule has 2 aliphatic rings. The van der Waals surface area contributed by atoms with E-state index in [1.54, 1.807) is 12.5 Å². The quantitative estimate of drug-likeness (QED) is 0.870. The van der Waals surface area contributed by atoms with E-state index in [-0.39, 0.29) is 11.6 Å². The summed E-state index contributed by atoms with van der Waals surface area (Å²) >= 11 is 0. The standard InChI is InChI=1S/C14H21N3O/c15-13(12-3-7-16-10-17-12)11-4-8-18-14(9-11)5-1-2-6-14/h3,7,10-11,13H,1-2,4-6,8-9,15H2. The average Bonchev–Trinajstić information content (AvgIpc) is 2.87. The summed E-state index contributed by atoms with van der Waals surface area (Å²) < 4.78 is 6.05. The van der Waals surface area contributed by atoms with Crippen LogP contribution in [0.15, 0.2) is 18.6 Å². The molecule has 4 heteroatoms. The van der Waals surface area contributed by atoms with Gasteiger partial charge >= 0.3 is 0 Å². The van der Waals surface area contributed by atoms with Gasteiger partial charge in [0.2, 0.25) is 0 Å². The van der Waals surface area contributed by atoms with E-state index < -0.39 is 0 Å². The molecule has 2 N–H and O–H groups in total. The first-order valence-electron chi connectivity index (χ1n) is 6.95. The van der Waals surface area contributed by atoms with Crippen molar-refractivity contribution < 1.29 is 4.74 Å². The highest BCUT2D eigenvalue weighted by molar-refractivity contribution is 5.07. The molecule has 3 rings (SSSR count). The second kappa shape index (κ2) is 4.94. The van der Waals surface area contributed by atoms with Gasteiger partial charge in [0.25, 0.3) is 0 Å². The molecule has 2 heterocycles. The number of hydrogen-bond acceptors (Lipinski definition) is 4. The lowest BCUT2D eigenvalue weighted by Crippen LogP contribution is -2.40. The van der Waals surface area contributed by atoms with Gasteiger partial charge in [-0.3, -0.25) is 0 Å². The maximum Gasteiger partial charge on any atom is 0.115 e. The van der Waals surface area contributed by atoms with E-state index in [1.807, 2.05) is 6.07 Å². The molecule has 2 unspecified atom stereocenters. The van der Waals surface area contributed by atoms with Crippen LogP contribution in [-0.2, 0) is 4.74 Å².